The number of hydrogen-bond acceptors (Lipinski definition) is 2. The van der Waals surface area contributed by atoms with E-state index in [1.54, 1.807) is 0 Å². The summed E-state index contributed by atoms with van der Waals surface area (Å²) >= 11 is 0. The highest BCUT2D eigenvalue weighted by Crippen LogP contribution is 2.27. The fraction of sp³-hybridized carbons (Fsp3) is 0.657. The standard InChI is InChI=1S/C35H56O2/c1-3-5-7-9-11-13-15-17-23-29-36-34-27-21-19-25-32(34)31-33-26-20-22-28-35(33)37-30-24-18-16-14-12-10-8-6-4-2/h19-22,25-28H,3-18,23-24,29-31H2,1-2H3. The van der Waals surface area contributed by atoms with E-state index >= 15 is 0 Å². The molecule has 0 bridgehead atoms. The summed E-state index contributed by atoms with van der Waals surface area (Å²) in [5, 5.41) is 0. The first-order valence-electron chi connectivity index (χ1n) is 15.8. The number of ether oxygens (including phenoxy) is 2. The molecule has 0 fully saturated rings. The minimum Gasteiger partial charge on any atom is -0.493 e. The Morgan fingerprint density at radius 1 is 0.405 bits per heavy atom. The van der Waals surface area contributed by atoms with Crippen molar-refractivity contribution in [1.29, 1.82) is 0 Å². The summed E-state index contributed by atoms with van der Waals surface area (Å²) in [5.74, 6) is 2.05. The van der Waals surface area contributed by atoms with Gasteiger partial charge in [0.1, 0.15) is 11.5 Å². The van der Waals surface area contributed by atoms with Crippen molar-refractivity contribution in [3.8, 4) is 11.5 Å². The minimum atomic E-state index is 0.809. The number of para-hydroxylation sites is 2. The third-order valence-electron chi connectivity index (χ3n) is 7.34. The van der Waals surface area contributed by atoms with Gasteiger partial charge in [-0.25, -0.2) is 0 Å². The van der Waals surface area contributed by atoms with Gasteiger partial charge in [-0.05, 0) is 36.1 Å². The van der Waals surface area contributed by atoms with E-state index in [0.717, 1.165) is 44.0 Å². The van der Waals surface area contributed by atoms with E-state index in [1.165, 1.54) is 114 Å². The third-order valence-corrected chi connectivity index (χ3v) is 7.34. The molecule has 0 amide bonds. The lowest BCUT2D eigenvalue weighted by atomic mass is 10.0. The van der Waals surface area contributed by atoms with Crippen molar-refractivity contribution in [2.45, 2.75) is 136 Å². The third kappa shape index (κ3) is 15.1. The van der Waals surface area contributed by atoms with Crippen LogP contribution in [0.1, 0.15) is 141 Å². The lowest BCUT2D eigenvalue weighted by molar-refractivity contribution is 0.298. The molecule has 0 radical (unpaired) electrons. The number of benzene rings is 2. The molecule has 0 aromatic heterocycles. The van der Waals surface area contributed by atoms with Gasteiger partial charge in [-0.2, -0.15) is 0 Å². The van der Waals surface area contributed by atoms with E-state index in [1.807, 2.05) is 0 Å². The van der Waals surface area contributed by atoms with Crippen LogP contribution >= 0.6 is 0 Å². The molecule has 0 saturated heterocycles. The Balaban J connectivity index is 1.67. The van der Waals surface area contributed by atoms with Gasteiger partial charge in [0, 0.05) is 6.42 Å². The maximum absolute atomic E-state index is 6.23. The first-order valence-corrected chi connectivity index (χ1v) is 15.8. The van der Waals surface area contributed by atoms with Crippen LogP contribution in [-0.2, 0) is 6.42 Å². The molecule has 0 heterocycles. The molecular formula is C35H56O2. The van der Waals surface area contributed by atoms with Crippen molar-refractivity contribution in [3.05, 3.63) is 59.7 Å². The second-order valence-electron chi connectivity index (χ2n) is 10.7. The molecule has 37 heavy (non-hydrogen) atoms. The zero-order valence-corrected chi connectivity index (χ0v) is 24.3. The molecule has 0 spiro atoms. The summed E-state index contributed by atoms with van der Waals surface area (Å²) in [6, 6.07) is 17.0. The molecule has 2 rings (SSSR count). The van der Waals surface area contributed by atoms with Crippen LogP contribution in [-0.4, -0.2) is 13.2 Å². The SMILES string of the molecule is CCCCCCCCCCCOc1ccccc1Cc1ccccc1OCCCCCCCCCCC. The topological polar surface area (TPSA) is 18.5 Å². The Labute approximate surface area is 229 Å². The van der Waals surface area contributed by atoms with Crippen molar-refractivity contribution in [2.24, 2.45) is 0 Å². The van der Waals surface area contributed by atoms with Gasteiger partial charge in [0.15, 0.2) is 0 Å². The van der Waals surface area contributed by atoms with Crippen LogP contribution in [0.25, 0.3) is 0 Å². The molecule has 0 saturated carbocycles. The van der Waals surface area contributed by atoms with Crippen molar-refractivity contribution >= 4 is 0 Å². The average Bonchev–Trinajstić information content (AvgIpc) is 2.92. The van der Waals surface area contributed by atoms with Crippen molar-refractivity contribution in [3.63, 3.8) is 0 Å². The van der Waals surface area contributed by atoms with Crippen LogP contribution < -0.4 is 9.47 Å². The smallest absolute Gasteiger partial charge is 0.122 e. The first-order chi connectivity index (χ1) is 18.3. The lowest BCUT2D eigenvalue weighted by Gasteiger charge is -2.14. The number of rotatable bonds is 24. The molecule has 2 aromatic rings. The van der Waals surface area contributed by atoms with Crippen LogP contribution in [0, 0.1) is 0 Å². The van der Waals surface area contributed by atoms with Crippen molar-refractivity contribution in [2.75, 3.05) is 13.2 Å². The van der Waals surface area contributed by atoms with Crippen LogP contribution in [0.15, 0.2) is 48.5 Å². The molecule has 2 heteroatoms. The van der Waals surface area contributed by atoms with Crippen molar-refractivity contribution in [1.82, 2.24) is 0 Å². The summed E-state index contributed by atoms with van der Waals surface area (Å²) in [6.45, 7) is 6.18. The van der Waals surface area contributed by atoms with Crippen LogP contribution in [0.3, 0.4) is 0 Å². The average molecular weight is 509 g/mol. The molecule has 0 N–H and O–H groups in total. The molecule has 0 unspecified atom stereocenters. The number of unbranched alkanes of at least 4 members (excludes halogenated alkanes) is 16. The zero-order chi connectivity index (χ0) is 26.2. The van der Waals surface area contributed by atoms with Crippen molar-refractivity contribution < 1.29 is 9.47 Å². The van der Waals surface area contributed by atoms with Crippen LogP contribution in [0.2, 0.25) is 0 Å². The fourth-order valence-electron chi connectivity index (χ4n) is 4.98. The maximum atomic E-state index is 6.23. The van der Waals surface area contributed by atoms with Crippen LogP contribution in [0.4, 0.5) is 0 Å². The van der Waals surface area contributed by atoms with Gasteiger partial charge in [0.2, 0.25) is 0 Å². The summed E-state index contributed by atoms with van der Waals surface area (Å²) in [6.07, 6.45) is 24.9. The van der Waals surface area contributed by atoms with E-state index in [-0.39, 0.29) is 0 Å². The molecule has 0 aliphatic heterocycles. The largest absolute Gasteiger partial charge is 0.493 e. The molecule has 2 aromatic carbocycles. The Kier molecular flexibility index (Phi) is 18.6. The van der Waals surface area contributed by atoms with E-state index in [0.29, 0.717) is 0 Å². The quantitative estimate of drug-likeness (QED) is 0.131. The Morgan fingerprint density at radius 2 is 0.730 bits per heavy atom. The normalized spacial score (nSPS) is 11.1. The lowest BCUT2D eigenvalue weighted by Crippen LogP contribution is -2.03. The zero-order valence-electron chi connectivity index (χ0n) is 24.3. The molecule has 0 atom stereocenters. The van der Waals surface area contributed by atoms with E-state index < -0.39 is 0 Å². The Bertz CT molecular complexity index is 719. The maximum Gasteiger partial charge on any atom is 0.122 e. The van der Waals surface area contributed by atoms with Gasteiger partial charge >= 0.3 is 0 Å². The van der Waals surface area contributed by atoms with Gasteiger partial charge in [0.05, 0.1) is 13.2 Å². The molecule has 208 valence electrons. The first kappa shape index (κ1) is 31.3. The van der Waals surface area contributed by atoms with Gasteiger partial charge < -0.3 is 9.47 Å². The van der Waals surface area contributed by atoms with Gasteiger partial charge in [-0.15, -0.1) is 0 Å². The number of hydrogen-bond donors (Lipinski definition) is 0. The van der Waals surface area contributed by atoms with E-state index in [2.05, 4.69) is 62.4 Å². The minimum absolute atomic E-state index is 0.809. The fourth-order valence-corrected chi connectivity index (χ4v) is 4.98. The van der Waals surface area contributed by atoms with Gasteiger partial charge in [-0.1, -0.05) is 153 Å². The second kappa shape index (κ2) is 22.1. The Hall–Kier alpha value is -1.96. The predicted octanol–water partition coefficient (Wildman–Crippen LogP) is 11.1. The van der Waals surface area contributed by atoms with Gasteiger partial charge in [0.25, 0.3) is 0 Å². The summed E-state index contributed by atoms with van der Waals surface area (Å²) < 4.78 is 12.5. The molecule has 2 nitrogen and oxygen atoms in total. The highest BCUT2D eigenvalue weighted by atomic mass is 16.5. The molecular weight excluding hydrogens is 452 g/mol. The second-order valence-corrected chi connectivity index (χ2v) is 10.7. The summed E-state index contributed by atoms with van der Waals surface area (Å²) in [4.78, 5) is 0. The van der Waals surface area contributed by atoms with Gasteiger partial charge in [-0.3, -0.25) is 0 Å². The predicted molar refractivity (Wildman–Crippen MR) is 161 cm³/mol. The van der Waals surface area contributed by atoms with E-state index in [4.69, 9.17) is 9.47 Å². The summed E-state index contributed by atoms with van der Waals surface area (Å²) in [5.41, 5.74) is 2.50. The Morgan fingerprint density at radius 3 is 1.11 bits per heavy atom. The van der Waals surface area contributed by atoms with Crippen LogP contribution in [0.5, 0.6) is 11.5 Å². The monoisotopic (exact) mass is 508 g/mol. The summed E-state index contributed by atoms with van der Waals surface area (Å²) in [7, 11) is 0. The highest BCUT2D eigenvalue weighted by Gasteiger charge is 2.09. The molecule has 0 aliphatic rings. The highest BCUT2D eigenvalue weighted by molar-refractivity contribution is 5.42. The van der Waals surface area contributed by atoms with E-state index in [9.17, 15) is 0 Å². The molecule has 0 aliphatic carbocycles.